The number of nitrogens with one attached hydrogen (secondary N) is 4. The van der Waals surface area contributed by atoms with E-state index in [1.165, 1.54) is 7.11 Å². The van der Waals surface area contributed by atoms with Crippen LogP contribution in [0.3, 0.4) is 0 Å². The number of hydrogen-bond donors (Lipinski definition) is 4. The molecule has 0 atom stereocenters. The number of anilines is 2. The van der Waals surface area contributed by atoms with Gasteiger partial charge in [0, 0.05) is 10.7 Å². The number of rotatable bonds is 3. The molecule has 118 valence electrons. The average Bonchev–Trinajstić information content (AvgIpc) is 2.86. The molecule has 0 spiro atoms. The Morgan fingerprint density at radius 3 is 2.65 bits per heavy atom. The summed E-state index contributed by atoms with van der Waals surface area (Å²) in [6.45, 7) is 0. The number of halogens is 1. The first-order valence-corrected chi connectivity index (χ1v) is 7.06. The van der Waals surface area contributed by atoms with Crippen LogP contribution in [0.25, 0.3) is 11.0 Å². The summed E-state index contributed by atoms with van der Waals surface area (Å²) in [5.41, 5.74) is 1.95. The van der Waals surface area contributed by atoms with E-state index < -0.39 is 6.03 Å². The van der Waals surface area contributed by atoms with Crippen LogP contribution in [0.2, 0.25) is 5.02 Å². The predicted molar refractivity (Wildman–Crippen MR) is 89.6 cm³/mol. The number of H-pyrrole nitrogens is 2. The maximum absolute atomic E-state index is 12.1. The van der Waals surface area contributed by atoms with E-state index in [9.17, 15) is 9.59 Å². The second kappa shape index (κ2) is 6.05. The van der Waals surface area contributed by atoms with E-state index in [2.05, 4.69) is 20.6 Å². The molecule has 23 heavy (non-hydrogen) atoms. The van der Waals surface area contributed by atoms with Crippen LogP contribution in [0.1, 0.15) is 0 Å². The van der Waals surface area contributed by atoms with E-state index in [0.29, 0.717) is 33.2 Å². The smallest absolute Gasteiger partial charge is 0.323 e. The number of fused-ring (bicyclic) bond motifs is 1. The molecule has 0 saturated heterocycles. The fourth-order valence-electron chi connectivity index (χ4n) is 2.17. The van der Waals surface area contributed by atoms with Crippen LogP contribution < -0.4 is 21.1 Å². The maximum atomic E-state index is 12.1. The normalized spacial score (nSPS) is 10.5. The lowest BCUT2D eigenvalue weighted by Gasteiger charge is -2.11. The quantitative estimate of drug-likeness (QED) is 0.592. The number of ether oxygens (including phenoxy) is 1. The van der Waals surface area contributed by atoms with Crippen molar-refractivity contribution in [3.05, 3.63) is 51.9 Å². The van der Waals surface area contributed by atoms with Crippen LogP contribution in [-0.2, 0) is 0 Å². The summed E-state index contributed by atoms with van der Waals surface area (Å²) in [6, 6.07) is 9.50. The Morgan fingerprint density at radius 1 is 1.09 bits per heavy atom. The zero-order valence-corrected chi connectivity index (χ0v) is 12.8. The Morgan fingerprint density at radius 2 is 1.87 bits per heavy atom. The van der Waals surface area contributed by atoms with Crippen molar-refractivity contribution in [3.63, 3.8) is 0 Å². The van der Waals surface area contributed by atoms with Gasteiger partial charge >= 0.3 is 11.7 Å². The summed E-state index contributed by atoms with van der Waals surface area (Å²) in [5.74, 6) is 0.495. The molecule has 0 aliphatic rings. The monoisotopic (exact) mass is 332 g/mol. The number of aromatic nitrogens is 2. The Balaban J connectivity index is 1.78. The molecule has 0 saturated carbocycles. The molecular formula is C15H13ClN4O3. The number of carbonyl (C=O) groups excluding carboxylic acids is 1. The Labute approximate surface area is 135 Å². The molecule has 2 aromatic carbocycles. The van der Waals surface area contributed by atoms with Crippen molar-refractivity contribution in [2.75, 3.05) is 17.7 Å². The summed E-state index contributed by atoms with van der Waals surface area (Å²) < 4.78 is 5.17. The molecule has 8 heteroatoms. The molecule has 4 N–H and O–H groups in total. The SMILES string of the molecule is COc1ccc(Cl)cc1NC(=O)Nc1ccc2[nH]c(=O)[nH]c2c1. The van der Waals surface area contributed by atoms with E-state index in [4.69, 9.17) is 16.3 Å². The third-order valence-electron chi connectivity index (χ3n) is 3.18. The van der Waals surface area contributed by atoms with E-state index in [1.54, 1.807) is 36.4 Å². The maximum Gasteiger partial charge on any atom is 0.323 e. The standard InChI is InChI=1S/C15H13ClN4O3/c1-23-13-5-2-8(16)6-12(13)20-14(21)17-9-3-4-10-11(7-9)19-15(22)18-10/h2-7H,1H3,(H2,17,20,21)(H2,18,19,22). The zero-order chi connectivity index (χ0) is 16.4. The van der Waals surface area contributed by atoms with Crippen LogP contribution in [0, 0.1) is 0 Å². The van der Waals surface area contributed by atoms with Gasteiger partial charge in [-0.3, -0.25) is 0 Å². The molecule has 0 aliphatic heterocycles. The molecule has 0 radical (unpaired) electrons. The van der Waals surface area contributed by atoms with E-state index in [1.807, 2.05) is 0 Å². The van der Waals surface area contributed by atoms with Crippen LogP contribution in [0.15, 0.2) is 41.2 Å². The second-order valence-electron chi connectivity index (χ2n) is 4.76. The van der Waals surface area contributed by atoms with Crippen LogP contribution in [-0.4, -0.2) is 23.1 Å². The zero-order valence-electron chi connectivity index (χ0n) is 12.1. The van der Waals surface area contributed by atoms with Crippen LogP contribution in [0.4, 0.5) is 16.2 Å². The van der Waals surface area contributed by atoms with E-state index in [0.717, 1.165) is 0 Å². The Bertz CT molecular complexity index is 932. The van der Waals surface area contributed by atoms with Crippen molar-refractivity contribution in [2.24, 2.45) is 0 Å². The van der Waals surface area contributed by atoms with E-state index in [-0.39, 0.29) is 5.69 Å². The number of urea groups is 1. The Hall–Kier alpha value is -2.93. The average molecular weight is 333 g/mol. The highest BCUT2D eigenvalue weighted by molar-refractivity contribution is 6.31. The molecule has 0 aliphatic carbocycles. The van der Waals surface area contributed by atoms with Gasteiger partial charge in [0.1, 0.15) is 5.75 Å². The molecule has 0 fully saturated rings. The van der Waals surface area contributed by atoms with Crippen molar-refractivity contribution >= 4 is 40.0 Å². The minimum atomic E-state index is -0.456. The molecule has 7 nitrogen and oxygen atoms in total. The fourth-order valence-corrected chi connectivity index (χ4v) is 2.34. The highest BCUT2D eigenvalue weighted by atomic mass is 35.5. The van der Waals surface area contributed by atoms with Crippen molar-refractivity contribution < 1.29 is 9.53 Å². The minimum Gasteiger partial charge on any atom is -0.495 e. The van der Waals surface area contributed by atoms with Gasteiger partial charge in [-0.25, -0.2) is 9.59 Å². The van der Waals surface area contributed by atoms with Gasteiger partial charge in [-0.2, -0.15) is 0 Å². The summed E-state index contributed by atoms with van der Waals surface area (Å²) in [6.07, 6.45) is 0. The molecule has 1 aromatic heterocycles. The highest BCUT2D eigenvalue weighted by Gasteiger charge is 2.09. The lowest BCUT2D eigenvalue weighted by molar-refractivity contribution is 0.262. The second-order valence-corrected chi connectivity index (χ2v) is 5.20. The summed E-state index contributed by atoms with van der Waals surface area (Å²) in [4.78, 5) is 28.6. The van der Waals surface area contributed by atoms with Gasteiger partial charge in [-0.15, -0.1) is 0 Å². The van der Waals surface area contributed by atoms with E-state index >= 15 is 0 Å². The number of imidazole rings is 1. The van der Waals surface area contributed by atoms with Gasteiger partial charge in [0.25, 0.3) is 0 Å². The molecule has 3 rings (SSSR count). The van der Waals surface area contributed by atoms with Crippen LogP contribution >= 0.6 is 11.6 Å². The summed E-state index contributed by atoms with van der Waals surface area (Å²) >= 11 is 5.92. The van der Waals surface area contributed by atoms with Gasteiger partial charge in [0.05, 0.1) is 23.8 Å². The first-order chi connectivity index (χ1) is 11.0. The molecule has 1 heterocycles. The molecular weight excluding hydrogens is 320 g/mol. The lowest BCUT2D eigenvalue weighted by Crippen LogP contribution is -2.19. The van der Waals surface area contributed by atoms with Gasteiger partial charge in [0.2, 0.25) is 0 Å². The number of amides is 2. The van der Waals surface area contributed by atoms with Gasteiger partial charge in [-0.05, 0) is 36.4 Å². The lowest BCUT2D eigenvalue weighted by atomic mass is 10.2. The van der Waals surface area contributed by atoms with Crippen molar-refractivity contribution in [1.29, 1.82) is 0 Å². The first-order valence-electron chi connectivity index (χ1n) is 6.69. The topological polar surface area (TPSA) is 99.0 Å². The van der Waals surface area contributed by atoms with Crippen molar-refractivity contribution in [2.45, 2.75) is 0 Å². The number of carbonyl (C=O) groups is 1. The molecule has 0 unspecified atom stereocenters. The minimum absolute atomic E-state index is 0.301. The molecule has 2 amide bonds. The molecule has 3 aromatic rings. The number of aromatic amines is 2. The molecule has 0 bridgehead atoms. The van der Waals surface area contributed by atoms with Crippen molar-refractivity contribution in [1.82, 2.24) is 9.97 Å². The summed E-state index contributed by atoms with van der Waals surface area (Å²) in [7, 11) is 1.50. The van der Waals surface area contributed by atoms with Crippen LogP contribution in [0.5, 0.6) is 5.75 Å². The number of benzene rings is 2. The Kier molecular flexibility index (Phi) is 3.94. The fraction of sp³-hybridized carbons (Fsp3) is 0.0667. The van der Waals surface area contributed by atoms with Gasteiger partial charge in [0.15, 0.2) is 0 Å². The third-order valence-corrected chi connectivity index (χ3v) is 3.42. The third kappa shape index (κ3) is 3.29. The van der Waals surface area contributed by atoms with Gasteiger partial charge < -0.3 is 25.3 Å². The van der Waals surface area contributed by atoms with Gasteiger partial charge in [-0.1, -0.05) is 11.6 Å². The largest absolute Gasteiger partial charge is 0.495 e. The predicted octanol–water partition coefficient (Wildman–Crippen LogP) is 3.16. The highest BCUT2D eigenvalue weighted by Crippen LogP contribution is 2.27. The summed E-state index contributed by atoms with van der Waals surface area (Å²) in [5, 5.41) is 5.82. The number of hydrogen-bond acceptors (Lipinski definition) is 3. The number of methoxy groups -OCH3 is 1. The van der Waals surface area contributed by atoms with Crippen molar-refractivity contribution in [3.8, 4) is 5.75 Å². The first kappa shape index (κ1) is 15.0.